The average molecular weight is 403 g/mol. The largest absolute Gasteiger partial charge is 0.494 e. The van der Waals surface area contributed by atoms with Gasteiger partial charge in [0.05, 0.1) is 31.0 Å². The summed E-state index contributed by atoms with van der Waals surface area (Å²) in [6, 6.07) is 14.1. The number of hydrogen-bond donors (Lipinski definition) is 1. The van der Waals surface area contributed by atoms with E-state index < -0.39 is 11.7 Å². The Morgan fingerprint density at radius 3 is 2.64 bits per heavy atom. The van der Waals surface area contributed by atoms with E-state index in [-0.39, 0.29) is 12.2 Å². The van der Waals surface area contributed by atoms with Gasteiger partial charge >= 0.3 is 0 Å². The molecule has 5 heteroatoms. The lowest BCUT2D eigenvalue weighted by molar-refractivity contribution is -0.165. The molecule has 0 saturated carbocycles. The molecule has 2 fully saturated rings. The second kappa shape index (κ2) is 8.03. The lowest BCUT2D eigenvalue weighted by Gasteiger charge is -2.40. The summed E-state index contributed by atoms with van der Waals surface area (Å²) in [5, 5.41) is 11.1. The van der Waals surface area contributed by atoms with Gasteiger partial charge in [-0.25, -0.2) is 0 Å². The van der Waals surface area contributed by atoms with Gasteiger partial charge in [0.15, 0.2) is 0 Å². The topological polar surface area (TPSA) is 51.2 Å². The zero-order valence-electron chi connectivity index (χ0n) is 16.4. The first-order valence-electron chi connectivity index (χ1n) is 9.94. The molecule has 2 aliphatic rings. The van der Waals surface area contributed by atoms with Crippen molar-refractivity contribution in [1.29, 1.82) is 0 Å². The van der Waals surface area contributed by atoms with Gasteiger partial charge in [0, 0.05) is 17.9 Å². The van der Waals surface area contributed by atoms with Crippen LogP contribution < -0.4 is 4.74 Å². The van der Waals surface area contributed by atoms with Crippen molar-refractivity contribution in [2.24, 2.45) is 0 Å². The van der Waals surface area contributed by atoms with Gasteiger partial charge in [-0.3, -0.25) is 0 Å². The molecule has 4 atom stereocenters. The summed E-state index contributed by atoms with van der Waals surface area (Å²) in [5.41, 5.74) is 2.84. The zero-order chi connectivity index (χ0) is 19.7. The summed E-state index contributed by atoms with van der Waals surface area (Å²) in [5.74, 6) is 0.872. The van der Waals surface area contributed by atoms with Crippen LogP contribution in [0.25, 0.3) is 0 Å². The van der Waals surface area contributed by atoms with E-state index in [9.17, 15) is 5.11 Å². The molecule has 4 rings (SSSR count). The summed E-state index contributed by atoms with van der Waals surface area (Å²) >= 11 is 6.48. The van der Waals surface area contributed by atoms with Crippen molar-refractivity contribution in [3.05, 3.63) is 64.2 Å². The number of epoxide rings is 1. The molecule has 0 aliphatic carbocycles. The van der Waals surface area contributed by atoms with Crippen molar-refractivity contribution < 1.29 is 19.3 Å². The third-order valence-electron chi connectivity index (χ3n) is 5.62. The minimum Gasteiger partial charge on any atom is -0.494 e. The summed E-state index contributed by atoms with van der Waals surface area (Å²) in [6.45, 7) is 5.38. The molecule has 0 spiro atoms. The first kappa shape index (κ1) is 19.7. The molecule has 0 aromatic heterocycles. The lowest BCUT2D eigenvalue weighted by Crippen LogP contribution is -2.45. The molecule has 150 valence electrons. The maximum absolute atomic E-state index is 10.4. The van der Waals surface area contributed by atoms with Crippen molar-refractivity contribution in [1.82, 2.24) is 0 Å². The van der Waals surface area contributed by atoms with Crippen molar-refractivity contribution in [3.8, 4) is 5.75 Å². The van der Waals surface area contributed by atoms with E-state index in [1.165, 1.54) is 5.56 Å². The Kier molecular flexibility index (Phi) is 5.66. The van der Waals surface area contributed by atoms with Gasteiger partial charge in [-0.2, -0.15) is 0 Å². The van der Waals surface area contributed by atoms with Gasteiger partial charge in [-0.1, -0.05) is 35.9 Å². The number of ether oxygens (including phenoxy) is 3. The van der Waals surface area contributed by atoms with Crippen LogP contribution in [0.15, 0.2) is 42.5 Å². The molecule has 1 N–H and O–H groups in total. The number of aliphatic hydroxyl groups is 1. The van der Waals surface area contributed by atoms with E-state index in [0.717, 1.165) is 28.3 Å². The molecule has 2 heterocycles. The Morgan fingerprint density at radius 1 is 1.21 bits per heavy atom. The van der Waals surface area contributed by atoms with Crippen LogP contribution in [0, 0.1) is 0 Å². The number of aliphatic hydroxyl groups excluding tert-OH is 1. The third kappa shape index (κ3) is 4.36. The number of rotatable bonds is 6. The predicted octanol–water partition coefficient (Wildman–Crippen LogP) is 4.70. The fourth-order valence-corrected chi connectivity index (χ4v) is 4.24. The number of benzene rings is 2. The van der Waals surface area contributed by atoms with Gasteiger partial charge in [-0.05, 0) is 55.2 Å². The number of halogens is 1. The molecule has 0 amide bonds. The molecular formula is C23H27ClO4. The minimum atomic E-state index is -0.433. The van der Waals surface area contributed by atoms with Gasteiger partial charge in [-0.15, -0.1) is 0 Å². The van der Waals surface area contributed by atoms with E-state index in [4.69, 9.17) is 25.8 Å². The van der Waals surface area contributed by atoms with Crippen LogP contribution in [-0.2, 0) is 15.9 Å². The Hall–Kier alpha value is -1.59. The van der Waals surface area contributed by atoms with E-state index in [1.807, 2.05) is 38.1 Å². The highest BCUT2D eigenvalue weighted by atomic mass is 35.5. The average Bonchev–Trinajstić information content (AvgIpc) is 3.50. The lowest BCUT2D eigenvalue weighted by atomic mass is 9.86. The van der Waals surface area contributed by atoms with Crippen LogP contribution >= 0.6 is 11.6 Å². The summed E-state index contributed by atoms with van der Waals surface area (Å²) in [6.07, 6.45) is 1.47. The van der Waals surface area contributed by atoms with E-state index in [2.05, 4.69) is 18.2 Å². The van der Waals surface area contributed by atoms with Crippen molar-refractivity contribution in [3.63, 3.8) is 0 Å². The Morgan fingerprint density at radius 2 is 1.96 bits per heavy atom. The maximum atomic E-state index is 10.4. The van der Waals surface area contributed by atoms with Gasteiger partial charge in [0.25, 0.3) is 0 Å². The van der Waals surface area contributed by atoms with Gasteiger partial charge in [0.1, 0.15) is 11.9 Å². The highest BCUT2D eigenvalue weighted by Crippen LogP contribution is 2.43. The zero-order valence-corrected chi connectivity index (χ0v) is 17.1. The predicted molar refractivity (Wildman–Crippen MR) is 109 cm³/mol. The molecule has 28 heavy (non-hydrogen) atoms. The van der Waals surface area contributed by atoms with Crippen molar-refractivity contribution in [2.45, 2.75) is 57.0 Å². The Bertz CT molecular complexity index is 818. The maximum Gasteiger partial charge on any atom is 0.119 e. The SMILES string of the molecule is CCOc1ccc(Cc2cc(C3CC(O)C[C@@](C)(C4CO4)O3)ccc2Cl)cc1. The van der Waals surface area contributed by atoms with Gasteiger partial charge in [0.2, 0.25) is 0 Å². The van der Waals surface area contributed by atoms with Crippen LogP contribution in [0.1, 0.15) is 49.5 Å². The Labute approximate surface area is 171 Å². The van der Waals surface area contributed by atoms with E-state index in [1.54, 1.807) is 0 Å². The van der Waals surface area contributed by atoms with E-state index in [0.29, 0.717) is 26.1 Å². The van der Waals surface area contributed by atoms with Crippen LogP contribution in [0.4, 0.5) is 0 Å². The molecular weight excluding hydrogens is 376 g/mol. The smallest absolute Gasteiger partial charge is 0.119 e. The molecule has 4 nitrogen and oxygen atoms in total. The quantitative estimate of drug-likeness (QED) is 0.711. The molecule has 0 radical (unpaired) electrons. The van der Waals surface area contributed by atoms with Gasteiger partial charge < -0.3 is 19.3 Å². The van der Waals surface area contributed by atoms with Crippen LogP contribution in [0.2, 0.25) is 5.02 Å². The van der Waals surface area contributed by atoms with Crippen molar-refractivity contribution >= 4 is 11.6 Å². The molecule has 0 bridgehead atoms. The number of hydrogen-bond acceptors (Lipinski definition) is 4. The standard InChI is InChI=1S/C23H27ClO4/c1-3-26-19-7-4-15(5-8-19)10-17-11-16(6-9-20(17)24)21-12-18(25)13-23(2,28-21)22-14-27-22/h4-9,11,18,21-22,25H,3,10,12-14H2,1-2H3/t18?,21?,22?,23-/m0/s1. The monoisotopic (exact) mass is 402 g/mol. The fourth-order valence-electron chi connectivity index (χ4n) is 4.05. The second-order valence-electron chi connectivity index (χ2n) is 7.94. The van der Waals surface area contributed by atoms with E-state index >= 15 is 0 Å². The summed E-state index contributed by atoms with van der Waals surface area (Å²) in [7, 11) is 0. The normalized spacial score (nSPS) is 29.5. The summed E-state index contributed by atoms with van der Waals surface area (Å²) < 4.78 is 17.4. The first-order chi connectivity index (χ1) is 13.5. The molecule has 3 unspecified atom stereocenters. The van der Waals surface area contributed by atoms with Crippen LogP contribution in [0.3, 0.4) is 0 Å². The second-order valence-corrected chi connectivity index (χ2v) is 8.35. The molecule has 2 aliphatic heterocycles. The molecule has 2 aromatic rings. The fraction of sp³-hybridized carbons (Fsp3) is 0.478. The third-order valence-corrected chi connectivity index (χ3v) is 5.99. The minimum absolute atomic E-state index is 0.0839. The van der Waals surface area contributed by atoms with Crippen LogP contribution in [0.5, 0.6) is 5.75 Å². The molecule has 2 aromatic carbocycles. The molecule has 2 saturated heterocycles. The first-order valence-corrected chi connectivity index (χ1v) is 10.3. The highest BCUT2D eigenvalue weighted by Gasteiger charge is 2.49. The Balaban J connectivity index is 1.53. The van der Waals surface area contributed by atoms with Crippen molar-refractivity contribution in [2.75, 3.05) is 13.2 Å². The highest BCUT2D eigenvalue weighted by molar-refractivity contribution is 6.31. The summed E-state index contributed by atoms with van der Waals surface area (Å²) in [4.78, 5) is 0. The van der Waals surface area contributed by atoms with Crippen LogP contribution in [-0.4, -0.2) is 36.1 Å².